The molecule has 1 aliphatic carbocycles. The van der Waals surface area contributed by atoms with Crippen molar-refractivity contribution in [2.75, 3.05) is 0 Å². The fourth-order valence-electron chi connectivity index (χ4n) is 8.92. The van der Waals surface area contributed by atoms with Gasteiger partial charge in [0.25, 0.3) is 0 Å². The van der Waals surface area contributed by atoms with Crippen LogP contribution in [0.15, 0.2) is 188 Å². The topological polar surface area (TPSA) is 9.86 Å². The second kappa shape index (κ2) is 11.4. The zero-order chi connectivity index (χ0) is 34.2. The minimum atomic E-state index is 0.309. The van der Waals surface area contributed by atoms with Crippen molar-refractivity contribution in [2.45, 2.75) is 12.3 Å². The van der Waals surface area contributed by atoms with Crippen molar-refractivity contribution in [3.63, 3.8) is 0 Å². The van der Waals surface area contributed by atoms with E-state index < -0.39 is 0 Å². The molecule has 2 heterocycles. The number of fused-ring (bicyclic) bond motifs is 12. The van der Waals surface area contributed by atoms with Gasteiger partial charge in [0.15, 0.2) is 0 Å². The van der Waals surface area contributed by atoms with Crippen molar-refractivity contribution < 1.29 is 0 Å². The van der Waals surface area contributed by atoms with E-state index in [4.69, 9.17) is 0 Å². The van der Waals surface area contributed by atoms with Crippen LogP contribution < -0.4 is 0 Å². The molecule has 1 atom stereocenters. The van der Waals surface area contributed by atoms with Crippen LogP contribution in [0.5, 0.6) is 0 Å². The molecule has 1 unspecified atom stereocenters. The molecular formula is C50H34N2. The Morgan fingerprint density at radius 2 is 1.08 bits per heavy atom. The van der Waals surface area contributed by atoms with Gasteiger partial charge in [0.05, 0.1) is 22.1 Å². The molecule has 244 valence electrons. The summed E-state index contributed by atoms with van der Waals surface area (Å²) in [5.74, 6) is 0.309. The van der Waals surface area contributed by atoms with Gasteiger partial charge in [-0.15, -0.1) is 0 Å². The molecule has 0 saturated heterocycles. The van der Waals surface area contributed by atoms with Gasteiger partial charge in [-0.3, -0.25) is 0 Å². The Hall–Kier alpha value is -6.64. The fraction of sp³-hybridized carbons (Fsp3) is 0.0400. The molecule has 2 aromatic heterocycles. The average Bonchev–Trinajstić information content (AvgIpc) is 3.76. The summed E-state index contributed by atoms with van der Waals surface area (Å²) in [4.78, 5) is 0. The van der Waals surface area contributed by atoms with E-state index in [2.05, 4.69) is 197 Å². The molecule has 10 aromatic rings. The summed E-state index contributed by atoms with van der Waals surface area (Å²) in [6, 6.07) is 60.5. The normalized spacial score (nSPS) is 14.5. The van der Waals surface area contributed by atoms with Gasteiger partial charge in [-0.05, 0) is 81.1 Å². The molecular weight excluding hydrogens is 629 g/mol. The van der Waals surface area contributed by atoms with Crippen LogP contribution in [0, 0.1) is 0 Å². The number of allylic oxidation sites excluding steroid dienone is 4. The first-order valence-corrected chi connectivity index (χ1v) is 18.2. The Morgan fingerprint density at radius 3 is 1.87 bits per heavy atom. The third-order valence-electron chi connectivity index (χ3n) is 11.2. The third-order valence-corrected chi connectivity index (χ3v) is 11.2. The number of hydrogen-bond donors (Lipinski definition) is 0. The van der Waals surface area contributed by atoms with Gasteiger partial charge in [-0.2, -0.15) is 0 Å². The van der Waals surface area contributed by atoms with Gasteiger partial charge in [-0.1, -0.05) is 152 Å². The van der Waals surface area contributed by atoms with Crippen molar-refractivity contribution >= 4 is 65.2 Å². The second-order valence-corrected chi connectivity index (χ2v) is 14.0. The molecule has 8 aromatic carbocycles. The highest BCUT2D eigenvalue weighted by molar-refractivity contribution is 6.39. The molecule has 0 fully saturated rings. The Bertz CT molecular complexity index is 3080. The molecule has 0 spiro atoms. The Labute approximate surface area is 301 Å². The summed E-state index contributed by atoms with van der Waals surface area (Å²) in [5.41, 5.74) is 11.0. The van der Waals surface area contributed by atoms with Gasteiger partial charge in [-0.25, -0.2) is 0 Å². The van der Waals surface area contributed by atoms with E-state index in [0.29, 0.717) is 5.92 Å². The first-order valence-electron chi connectivity index (χ1n) is 18.2. The van der Waals surface area contributed by atoms with Gasteiger partial charge >= 0.3 is 0 Å². The maximum Gasteiger partial charge on any atom is 0.0795 e. The van der Waals surface area contributed by atoms with Crippen LogP contribution in [0.25, 0.3) is 87.7 Å². The number of hydrogen-bond acceptors (Lipinski definition) is 0. The number of para-hydroxylation sites is 2. The van der Waals surface area contributed by atoms with E-state index in [9.17, 15) is 0 Å². The summed E-state index contributed by atoms with van der Waals surface area (Å²) in [5, 5.41) is 10.2. The fourth-order valence-corrected chi connectivity index (χ4v) is 8.92. The summed E-state index contributed by atoms with van der Waals surface area (Å²) >= 11 is 0. The Morgan fingerprint density at radius 1 is 0.423 bits per heavy atom. The zero-order valence-electron chi connectivity index (χ0n) is 28.6. The predicted octanol–water partition coefficient (Wildman–Crippen LogP) is 13.5. The summed E-state index contributed by atoms with van der Waals surface area (Å²) in [6.07, 6.45) is 9.99. The van der Waals surface area contributed by atoms with Crippen LogP contribution in [-0.2, 0) is 0 Å². The van der Waals surface area contributed by atoms with E-state index in [1.54, 1.807) is 0 Å². The van der Waals surface area contributed by atoms with Crippen LogP contribution in [0.3, 0.4) is 0 Å². The lowest BCUT2D eigenvalue weighted by Gasteiger charge is -2.19. The minimum absolute atomic E-state index is 0.309. The molecule has 1 aliphatic rings. The first-order chi connectivity index (χ1) is 25.8. The Balaban J connectivity index is 1.40. The smallest absolute Gasteiger partial charge is 0.0795 e. The molecule has 0 amide bonds. The zero-order valence-corrected chi connectivity index (χ0v) is 28.6. The molecule has 2 heteroatoms. The van der Waals surface area contributed by atoms with E-state index >= 15 is 0 Å². The van der Waals surface area contributed by atoms with Gasteiger partial charge < -0.3 is 9.13 Å². The quantitative estimate of drug-likeness (QED) is 0.177. The lowest BCUT2D eigenvalue weighted by molar-refractivity contribution is 0.852. The van der Waals surface area contributed by atoms with Gasteiger partial charge in [0.2, 0.25) is 0 Å². The highest BCUT2D eigenvalue weighted by Crippen LogP contribution is 2.48. The van der Waals surface area contributed by atoms with E-state index in [1.807, 2.05) is 0 Å². The van der Waals surface area contributed by atoms with E-state index in [-0.39, 0.29) is 0 Å². The second-order valence-electron chi connectivity index (χ2n) is 14.0. The SMILES string of the molecule is C1=CCC(c2cc(-c3ccccc3)cc(-n3c4ccccc4c4c5ccccc5c5c6c7ccccc7ccc6n(-c6ccccc6)c5c43)c2)C=C1. The van der Waals surface area contributed by atoms with E-state index in [0.717, 1.165) is 12.1 Å². The van der Waals surface area contributed by atoms with E-state index in [1.165, 1.54) is 87.5 Å². The maximum atomic E-state index is 2.57. The van der Waals surface area contributed by atoms with Crippen LogP contribution in [-0.4, -0.2) is 9.13 Å². The molecule has 0 bridgehead atoms. The molecule has 0 radical (unpaired) electrons. The number of aromatic nitrogens is 2. The van der Waals surface area contributed by atoms with Crippen molar-refractivity contribution in [3.05, 3.63) is 194 Å². The lowest BCUT2D eigenvalue weighted by atomic mass is 9.89. The monoisotopic (exact) mass is 662 g/mol. The Kier molecular flexibility index (Phi) is 6.41. The van der Waals surface area contributed by atoms with Gasteiger partial charge in [0, 0.05) is 38.8 Å². The molecule has 0 aliphatic heterocycles. The highest BCUT2D eigenvalue weighted by Gasteiger charge is 2.26. The standard InChI is InChI=1S/C50H34N2/c1-4-16-33(17-5-1)36-30-37(34-18-6-2-7-19-34)32-39(31-36)52-44-27-15-14-26-43(44)46-41-24-12-13-25-42(41)48-47-40-23-11-10-20-35(40)28-29-45(47)51(50(48)49(46)52)38-21-8-3-9-22-38/h1-18,20-32,34H,19H2. The number of rotatable bonds is 4. The maximum absolute atomic E-state index is 2.57. The molecule has 11 rings (SSSR count). The number of nitrogens with zero attached hydrogens (tertiary/aromatic N) is 2. The van der Waals surface area contributed by atoms with Crippen molar-refractivity contribution in [2.24, 2.45) is 0 Å². The average molecular weight is 663 g/mol. The summed E-state index contributed by atoms with van der Waals surface area (Å²) in [6.45, 7) is 0. The van der Waals surface area contributed by atoms with Crippen LogP contribution in [0.4, 0.5) is 0 Å². The largest absolute Gasteiger partial charge is 0.307 e. The van der Waals surface area contributed by atoms with Crippen molar-refractivity contribution in [1.29, 1.82) is 0 Å². The van der Waals surface area contributed by atoms with Crippen molar-refractivity contribution in [1.82, 2.24) is 9.13 Å². The van der Waals surface area contributed by atoms with Crippen molar-refractivity contribution in [3.8, 4) is 22.5 Å². The van der Waals surface area contributed by atoms with Crippen LogP contribution in [0.2, 0.25) is 0 Å². The molecule has 2 nitrogen and oxygen atoms in total. The predicted molar refractivity (Wildman–Crippen MR) is 221 cm³/mol. The molecule has 0 saturated carbocycles. The molecule has 52 heavy (non-hydrogen) atoms. The highest BCUT2D eigenvalue weighted by atomic mass is 15.0. The van der Waals surface area contributed by atoms with Crippen LogP contribution >= 0.6 is 0 Å². The molecule has 0 N–H and O–H groups in total. The van der Waals surface area contributed by atoms with Gasteiger partial charge in [0.1, 0.15) is 0 Å². The summed E-state index contributed by atoms with van der Waals surface area (Å²) in [7, 11) is 0. The van der Waals surface area contributed by atoms with Crippen LogP contribution in [0.1, 0.15) is 17.9 Å². The number of benzene rings is 8. The third kappa shape index (κ3) is 4.25. The minimum Gasteiger partial charge on any atom is -0.307 e. The lowest BCUT2D eigenvalue weighted by Crippen LogP contribution is -2.02. The summed E-state index contributed by atoms with van der Waals surface area (Å²) < 4.78 is 5.09. The first kappa shape index (κ1) is 29.1.